The van der Waals surface area contributed by atoms with Crippen LogP contribution >= 0.6 is 11.3 Å². The van der Waals surface area contributed by atoms with Crippen molar-refractivity contribution < 1.29 is 9.59 Å². The first-order valence-electron chi connectivity index (χ1n) is 15.3. The van der Waals surface area contributed by atoms with Crippen molar-refractivity contribution >= 4 is 28.8 Å². The third-order valence-corrected chi connectivity index (χ3v) is 10.1. The largest absolute Gasteiger partial charge is 0.366 e. The summed E-state index contributed by atoms with van der Waals surface area (Å²) in [5.74, 6) is -0.293. The Morgan fingerprint density at radius 1 is 1.02 bits per heavy atom. The number of thiophene rings is 1. The predicted octanol–water partition coefficient (Wildman–Crippen LogP) is 6.00. The molecule has 1 aliphatic carbocycles. The van der Waals surface area contributed by atoms with Gasteiger partial charge in [0.15, 0.2) is 0 Å². The van der Waals surface area contributed by atoms with Crippen LogP contribution in [0.2, 0.25) is 0 Å². The molecule has 3 heterocycles. The normalized spacial score (nSPS) is 23.6. The van der Waals surface area contributed by atoms with Crippen LogP contribution in [-0.2, 0) is 4.79 Å². The molecule has 0 unspecified atom stereocenters. The molecule has 1 saturated heterocycles. The van der Waals surface area contributed by atoms with Gasteiger partial charge in [-0.25, -0.2) is 0 Å². The van der Waals surface area contributed by atoms with Gasteiger partial charge in [0, 0.05) is 54.4 Å². The van der Waals surface area contributed by atoms with E-state index in [-0.39, 0.29) is 23.9 Å². The van der Waals surface area contributed by atoms with Gasteiger partial charge in [0.25, 0.3) is 5.91 Å². The fourth-order valence-corrected chi connectivity index (χ4v) is 8.09. The number of rotatable bonds is 8. The van der Waals surface area contributed by atoms with E-state index in [0.717, 1.165) is 68.7 Å². The summed E-state index contributed by atoms with van der Waals surface area (Å²) in [6.07, 6.45) is 5.22. The Morgan fingerprint density at radius 3 is 2.61 bits per heavy atom. The maximum Gasteiger partial charge on any atom is 0.254 e. The van der Waals surface area contributed by atoms with Gasteiger partial charge in [-0.15, -0.1) is 11.3 Å². The SMILES string of the molecule is Cc1cccc(N2CCN(CCCNC(=O)[C@@H]3c4ccccc4C(=O)N(C4CCCC4)[C@@H]3c3cccs3)C[C@H]2C)c1. The first-order chi connectivity index (χ1) is 20.0. The Bertz CT molecular complexity index is 1350. The number of carbonyl (C=O) groups is 2. The Hall–Kier alpha value is -3.16. The summed E-state index contributed by atoms with van der Waals surface area (Å²) in [5.41, 5.74) is 4.16. The maximum absolute atomic E-state index is 14.0. The van der Waals surface area contributed by atoms with E-state index in [1.807, 2.05) is 30.3 Å². The molecule has 0 bridgehead atoms. The molecule has 0 radical (unpaired) electrons. The number of hydrogen-bond acceptors (Lipinski definition) is 5. The molecular weight excluding hydrogens is 528 g/mol. The van der Waals surface area contributed by atoms with Crippen molar-refractivity contribution in [2.75, 3.05) is 37.6 Å². The molecule has 216 valence electrons. The standard InChI is InChI=1S/C34H42N4O2S/c1-24-10-7-13-27(22-24)37-20-19-36(23-25(37)2)18-9-17-35-33(39)31-28-14-5-6-15-29(28)34(40)38(26-11-3-4-12-26)32(31)30-16-8-21-41-30/h5-8,10,13-16,21-22,25-26,31-32H,3-4,9,11-12,17-20,23H2,1-2H3,(H,35,39)/t25-,31-,32-/m1/s1. The summed E-state index contributed by atoms with van der Waals surface area (Å²) < 4.78 is 0. The van der Waals surface area contributed by atoms with Crippen molar-refractivity contribution in [1.29, 1.82) is 0 Å². The molecule has 2 amide bonds. The summed E-state index contributed by atoms with van der Waals surface area (Å²) in [5, 5.41) is 5.35. The highest BCUT2D eigenvalue weighted by Gasteiger charge is 2.47. The lowest BCUT2D eigenvalue weighted by Gasteiger charge is -2.44. The number of nitrogens with one attached hydrogen (secondary N) is 1. The Labute approximate surface area is 248 Å². The molecule has 41 heavy (non-hydrogen) atoms. The molecule has 0 spiro atoms. The zero-order valence-electron chi connectivity index (χ0n) is 24.3. The fraction of sp³-hybridized carbons (Fsp3) is 0.471. The lowest BCUT2D eigenvalue weighted by Crippen LogP contribution is -2.52. The Morgan fingerprint density at radius 2 is 1.85 bits per heavy atom. The van der Waals surface area contributed by atoms with E-state index in [2.05, 4.69) is 69.6 Å². The number of hydrogen-bond donors (Lipinski definition) is 1. The second kappa shape index (κ2) is 12.4. The number of fused-ring (bicyclic) bond motifs is 1. The van der Waals surface area contributed by atoms with Crippen molar-refractivity contribution in [1.82, 2.24) is 15.1 Å². The van der Waals surface area contributed by atoms with Gasteiger partial charge in [0.1, 0.15) is 0 Å². The number of nitrogens with zero attached hydrogens (tertiary/aromatic N) is 3. The van der Waals surface area contributed by atoms with Crippen LogP contribution in [0, 0.1) is 6.92 Å². The average Bonchev–Trinajstić information content (AvgIpc) is 3.70. The number of carbonyl (C=O) groups excluding carboxylic acids is 2. The van der Waals surface area contributed by atoms with Crippen LogP contribution in [0.3, 0.4) is 0 Å². The summed E-state index contributed by atoms with van der Waals surface area (Å²) in [6, 6.07) is 21.1. The maximum atomic E-state index is 14.0. The molecular formula is C34H42N4O2S. The van der Waals surface area contributed by atoms with Gasteiger partial charge in [-0.1, -0.05) is 49.2 Å². The van der Waals surface area contributed by atoms with Gasteiger partial charge in [0.05, 0.1) is 12.0 Å². The van der Waals surface area contributed by atoms with Gasteiger partial charge < -0.3 is 15.1 Å². The number of anilines is 1. The van der Waals surface area contributed by atoms with E-state index in [9.17, 15) is 9.59 Å². The van der Waals surface area contributed by atoms with Crippen LogP contribution in [0.5, 0.6) is 0 Å². The molecule has 7 heteroatoms. The van der Waals surface area contributed by atoms with Gasteiger partial charge >= 0.3 is 0 Å². The minimum Gasteiger partial charge on any atom is -0.366 e. The van der Waals surface area contributed by atoms with Crippen LogP contribution in [0.1, 0.15) is 77.3 Å². The smallest absolute Gasteiger partial charge is 0.254 e. The van der Waals surface area contributed by atoms with Crippen molar-refractivity contribution in [2.45, 2.75) is 70.0 Å². The predicted molar refractivity (Wildman–Crippen MR) is 167 cm³/mol. The Kier molecular flexibility index (Phi) is 8.45. The number of piperazine rings is 1. The van der Waals surface area contributed by atoms with E-state index < -0.39 is 5.92 Å². The molecule has 1 saturated carbocycles. The summed E-state index contributed by atoms with van der Waals surface area (Å²) in [6.45, 7) is 9.13. The second-order valence-corrected chi connectivity index (χ2v) is 13.0. The first-order valence-corrected chi connectivity index (χ1v) is 16.2. The molecule has 2 aliphatic heterocycles. The minimum absolute atomic E-state index is 0.0315. The van der Waals surface area contributed by atoms with Crippen molar-refractivity contribution in [3.05, 3.63) is 87.6 Å². The first kappa shape index (κ1) is 28.0. The van der Waals surface area contributed by atoms with Crippen LogP contribution in [-0.4, -0.2) is 66.4 Å². The van der Waals surface area contributed by atoms with E-state index >= 15 is 0 Å². The molecule has 1 N–H and O–H groups in total. The molecule has 1 aromatic heterocycles. The third-order valence-electron chi connectivity index (χ3n) is 9.21. The molecule has 3 aromatic rings. The molecule has 2 fully saturated rings. The molecule has 3 aliphatic rings. The van der Waals surface area contributed by atoms with Crippen molar-refractivity contribution in [3.63, 3.8) is 0 Å². The Balaban J connectivity index is 1.12. The summed E-state index contributed by atoms with van der Waals surface area (Å²) in [4.78, 5) is 36.1. The average molecular weight is 571 g/mol. The monoisotopic (exact) mass is 570 g/mol. The lowest BCUT2D eigenvalue weighted by molar-refractivity contribution is -0.124. The zero-order chi connectivity index (χ0) is 28.3. The van der Waals surface area contributed by atoms with E-state index in [1.165, 1.54) is 11.3 Å². The quantitative estimate of drug-likeness (QED) is 0.338. The van der Waals surface area contributed by atoms with E-state index in [1.54, 1.807) is 11.3 Å². The zero-order valence-corrected chi connectivity index (χ0v) is 25.1. The highest BCUT2D eigenvalue weighted by molar-refractivity contribution is 7.10. The number of amides is 2. The van der Waals surface area contributed by atoms with Crippen LogP contribution in [0.25, 0.3) is 0 Å². The van der Waals surface area contributed by atoms with Crippen LogP contribution < -0.4 is 10.2 Å². The number of benzene rings is 2. The van der Waals surface area contributed by atoms with E-state index in [4.69, 9.17) is 0 Å². The fourth-order valence-electron chi connectivity index (χ4n) is 7.23. The minimum atomic E-state index is -0.402. The van der Waals surface area contributed by atoms with Gasteiger partial charge in [-0.2, -0.15) is 0 Å². The molecule has 6 rings (SSSR count). The third kappa shape index (κ3) is 5.80. The van der Waals surface area contributed by atoms with E-state index in [0.29, 0.717) is 18.2 Å². The highest BCUT2D eigenvalue weighted by atomic mass is 32.1. The topological polar surface area (TPSA) is 55.9 Å². The van der Waals surface area contributed by atoms with Crippen molar-refractivity contribution in [2.24, 2.45) is 0 Å². The second-order valence-electron chi connectivity index (χ2n) is 12.0. The molecule has 3 atom stereocenters. The van der Waals surface area contributed by atoms with Crippen molar-refractivity contribution in [3.8, 4) is 0 Å². The van der Waals surface area contributed by atoms with Crippen LogP contribution in [0.4, 0.5) is 5.69 Å². The lowest BCUT2D eigenvalue weighted by atomic mass is 9.80. The molecule has 6 nitrogen and oxygen atoms in total. The highest BCUT2D eigenvalue weighted by Crippen LogP contribution is 2.47. The number of aryl methyl sites for hydroxylation is 1. The van der Waals surface area contributed by atoms with Gasteiger partial charge in [0.2, 0.25) is 5.91 Å². The summed E-state index contributed by atoms with van der Waals surface area (Å²) in [7, 11) is 0. The van der Waals surface area contributed by atoms with Gasteiger partial charge in [-0.05, 0) is 80.4 Å². The van der Waals surface area contributed by atoms with Crippen LogP contribution in [0.15, 0.2) is 66.0 Å². The van der Waals surface area contributed by atoms with Gasteiger partial charge in [-0.3, -0.25) is 14.5 Å². The molecule has 2 aromatic carbocycles. The summed E-state index contributed by atoms with van der Waals surface area (Å²) >= 11 is 1.65.